The summed E-state index contributed by atoms with van der Waals surface area (Å²) in [5.74, 6) is 0.951. The van der Waals surface area contributed by atoms with Crippen LogP contribution in [-0.2, 0) is 4.84 Å². The van der Waals surface area contributed by atoms with Crippen molar-refractivity contribution >= 4 is 11.5 Å². The fourth-order valence-electron chi connectivity index (χ4n) is 3.55. The highest BCUT2D eigenvalue weighted by molar-refractivity contribution is 6.48. The predicted octanol–water partition coefficient (Wildman–Crippen LogP) is 4.87. The summed E-state index contributed by atoms with van der Waals surface area (Å²) in [6.45, 7) is 15.6. The molecule has 1 aliphatic rings. The van der Waals surface area contributed by atoms with Crippen LogP contribution < -0.4 is 0 Å². The highest BCUT2D eigenvalue weighted by Gasteiger charge is 2.25. The first-order valence-electron chi connectivity index (χ1n) is 9.93. The van der Waals surface area contributed by atoms with Crippen molar-refractivity contribution in [2.75, 3.05) is 26.7 Å². The van der Waals surface area contributed by atoms with Gasteiger partial charge in [-0.1, -0.05) is 24.9 Å². The van der Waals surface area contributed by atoms with Crippen molar-refractivity contribution in [3.63, 3.8) is 0 Å². The van der Waals surface area contributed by atoms with Gasteiger partial charge in [-0.2, -0.15) is 0 Å². The van der Waals surface area contributed by atoms with Crippen molar-refractivity contribution in [2.24, 2.45) is 10.1 Å². The number of hydrogen-bond donors (Lipinski definition) is 0. The summed E-state index contributed by atoms with van der Waals surface area (Å²) in [6, 6.07) is 0. The summed E-state index contributed by atoms with van der Waals surface area (Å²) in [7, 11) is 2.08. The van der Waals surface area contributed by atoms with E-state index >= 15 is 0 Å². The van der Waals surface area contributed by atoms with Crippen LogP contribution in [0.15, 0.2) is 10.1 Å². The Hall–Kier alpha value is -1.84. The second-order valence-electron chi connectivity index (χ2n) is 7.46. The third-order valence-corrected chi connectivity index (χ3v) is 5.75. The monoisotopic (exact) mass is 357 g/mol. The average molecular weight is 358 g/mol. The van der Waals surface area contributed by atoms with Crippen LogP contribution >= 0.6 is 0 Å². The van der Waals surface area contributed by atoms with Crippen LogP contribution in [0.25, 0.3) is 0 Å². The first-order valence-corrected chi connectivity index (χ1v) is 9.93. The van der Waals surface area contributed by atoms with E-state index in [-0.39, 0.29) is 0 Å². The van der Waals surface area contributed by atoms with Crippen molar-refractivity contribution in [3.8, 4) is 0 Å². The Balaban J connectivity index is 2.39. The Kier molecular flexibility index (Phi) is 7.24. The normalized spacial score (nSPS) is 14.8. The lowest BCUT2D eigenvalue weighted by Crippen LogP contribution is -2.32. The molecule has 0 spiro atoms. The highest BCUT2D eigenvalue weighted by atomic mass is 16.6. The van der Waals surface area contributed by atoms with Crippen LogP contribution in [0.3, 0.4) is 0 Å². The van der Waals surface area contributed by atoms with Crippen molar-refractivity contribution in [1.29, 1.82) is 0 Å². The number of likely N-dealkylation sites (N-methyl/N-ethyl adjacent to an activating group) is 1. The molecular formula is C22H35N3O. The number of amidine groups is 1. The van der Waals surface area contributed by atoms with Gasteiger partial charge in [-0.25, -0.2) is 0 Å². The summed E-state index contributed by atoms with van der Waals surface area (Å²) < 4.78 is 0. The Labute approximate surface area is 159 Å². The van der Waals surface area contributed by atoms with E-state index in [1.165, 1.54) is 52.6 Å². The molecular weight excluding hydrogens is 322 g/mol. The molecule has 0 fully saturated rings. The molecule has 0 aromatic heterocycles. The summed E-state index contributed by atoms with van der Waals surface area (Å²) in [6.07, 6.45) is 4.74. The van der Waals surface area contributed by atoms with Gasteiger partial charge in [-0.3, -0.25) is 4.99 Å². The third-order valence-electron chi connectivity index (χ3n) is 5.75. The van der Waals surface area contributed by atoms with Gasteiger partial charge in [0, 0.05) is 19.2 Å². The minimum atomic E-state index is 0.669. The lowest BCUT2D eigenvalue weighted by atomic mass is 9.87. The van der Waals surface area contributed by atoms with Crippen LogP contribution in [0.2, 0.25) is 0 Å². The second kappa shape index (κ2) is 9.20. The first-order chi connectivity index (χ1) is 12.4. The minimum absolute atomic E-state index is 0.669. The molecule has 1 heterocycles. The molecule has 1 aromatic rings. The summed E-state index contributed by atoms with van der Waals surface area (Å²) in [4.78, 5) is 12.7. The number of benzene rings is 1. The number of unbranched alkanes of at least 4 members (excludes halogenated alkanes) is 3. The maximum Gasteiger partial charge on any atom is 0.153 e. The molecule has 0 unspecified atom stereocenters. The van der Waals surface area contributed by atoms with Crippen molar-refractivity contribution in [2.45, 2.75) is 67.2 Å². The van der Waals surface area contributed by atoms with Gasteiger partial charge in [0.1, 0.15) is 6.61 Å². The molecule has 4 heteroatoms. The van der Waals surface area contributed by atoms with Crippen LogP contribution in [0.4, 0.5) is 0 Å². The zero-order valence-corrected chi connectivity index (χ0v) is 17.7. The predicted molar refractivity (Wildman–Crippen MR) is 112 cm³/mol. The third kappa shape index (κ3) is 4.28. The van der Waals surface area contributed by atoms with E-state index in [0.717, 1.165) is 31.1 Å². The number of aliphatic imine (C=N–C) groups is 1. The van der Waals surface area contributed by atoms with Gasteiger partial charge in [0.25, 0.3) is 0 Å². The van der Waals surface area contributed by atoms with Crippen LogP contribution in [0.1, 0.15) is 66.0 Å². The molecule has 2 rings (SSSR count). The zero-order valence-electron chi connectivity index (χ0n) is 17.7. The minimum Gasteiger partial charge on any atom is -0.395 e. The fraction of sp³-hybridized carbons (Fsp3) is 0.636. The summed E-state index contributed by atoms with van der Waals surface area (Å²) in [5, 5.41) is 4.60. The van der Waals surface area contributed by atoms with E-state index in [4.69, 9.17) is 9.83 Å². The summed E-state index contributed by atoms with van der Waals surface area (Å²) in [5.41, 5.74) is 8.67. The highest BCUT2D eigenvalue weighted by Crippen LogP contribution is 2.28. The lowest BCUT2D eigenvalue weighted by Gasteiger charge is -2.22. The maximum atomic E-state index is 5.76. The van der Waals surface area contributed by atoms with Crippen molar-refractivity contribution in [1.82, 2.24) is 4.90 Å². The smallest absolute Gasteiger partial charge is 0.153 e. The molecule has 4 nitrogen and oxygen atoms in total. The lowest BCUT2D eigenvalue weighted by molar-refractivity contribution is 0.140. The van der Waals surface area contributed by atoms with Crippen LogP contribution in [-0.4, -0.2) is 43.2 Å². The van der Waals surface area contributed by atoms with E-state index in [1.807, 2.05) is 0 Å². The van der Waals surface area contributed by atoms with E-state index in [0.29, 0.717) is 6.61 Å². The largest absolute Gasteiger partial charge is 0.395 e. The number of nitrogens with zero attached hydrogens (tertiary/aromatic N) is 3. The molecule has 0 aliphatic carbocycles. The van der Waals surface area contributed by atoms with E-state index in [9.17, 15) is 0 Å². The second-order valence-corrected chi connectivity index (χ2v) is 7.46. The van der Waals surface area contributed by atoms with Gasteiger partial charge in [0.05, 0.1) is 6.54 Å². The molecule has 1 aliphatic heterocycles. The van der Waals surface area contributed by atoms with E-state index < -0.39 is 0 Å². The van der Waals surface area contributed by atoms with Gasteiger partial charge < -0.3 is 9.74 Å². The zero-order chi connectivity index (χ0) is 19.3. The topological polar surface area (TPSA) is 37.2 Å². The average Bonchev–Trinajstić information content (AvgIpc) is 3.05. The van der Waals surface area contributed by atoms with E-state index in [2.05, 4.69) is 58.6 Å². The molecule has 0 amide bonds. The molecule has 1 aromatic carbocycles. The quantitative estimate of drug-likeness (QED) is 0.378. The van der Waals surface area contributed by atoms with Gasteiger partial charge >= 0.3 is 0 Å². The van der Waals surface area contributed by atoms with Gasteiger partial charge in [-0.15, -0.1) is 0 Å². The molecule has 0 N–H and O–H groups in total. The summed E-state index contributed by atoms with van der Waals surface area (Å²) >= 11 is 0. The van der Waals surface area contributed by atoms with Crippen LogP contribution in [0.5, 0.6) is 0 Å². The van der Waals surface area contributed by atoms with Crippen molar-refractivity contribution in [3.05, 3.63) is 33.4 Å². The molecule has 0 atom stereocenters. The molecule has 0 saturated heterocycles. The van der Waals surface area contributed by atoms with Gasteiger partial charge in [0.15, 0.2) is 11.5 Å². The van der Waals surface area contributed by atoms with Gasteiger partial charge in [-0.05, 0) is 75.3 Å². The molecule has 0 saturated carbocycles. The van der Waals surface area contributed by atoms with Crippen molar-refractivity contribution < 1.29 is 4.84 Å². The van der Waals surface area contributed by atoms with Gasteiger partial charge in [0.2, 0.25) is 0 Å². The molecule has 26 heavy (non-hydrogen) atoms. The number of rotatable bonds is 8. The Morgan fingerprint density at radius 2 is 1.58 bits per heavy atom. The molecule has 0 radical (unpaired) electrons. The molecule has 0 bridgehead atoms. The maximum absolute atomic E-state index is 5.76. The standard InChI is InChI=1S/C22H35N3O/c1-8-9-10-11-14-26-24-21(22-23-12-13-25(22)7)20-18(5)16(3)15(2)17(4)19(20)6/h8-14H2,1-7H3. The fourth-order valence-corrected chi connectivity index (χ4v) is 3.55. The molecule has 144 valence electrons. The Morgan fingerprint density at radius 3 is 2.12 bits per heavy atom. The SMILES string of the molecule is CCCCCCON=C(C1=NCCN1C)c1c(C)c(C)c(C)c(C)c1C. The van der Waals surface area contributed by atoms with E-state index in [1.54, 1.807) is 0 Å². The first kappa shape index (κ1) is 20.5. The number of hydrogen-bond acceptors (Lipinski definition) is 4. The Bertz CT molecular complexity index is 675. The number of oxime groups is 1. The van der Waals surface area contributed by atoms with Crippen LogP contribution in [0, 0.1) is 34.6 Å². The Morgan fingerprint density at radius 1 is 0.962 bits per heavy atom.